The highest BCUT2D eigenvalue weighted by molar-refractivity contribution is 5.74. The fourth-order valence-corrected chi connectivity index (χ4v) is 1.60. The number of H-pyrrole nitrogens is 1. The normalized spacial score (nSPS) is 12.2. The van der Waals surface area contributed by atoms with E-state index >= 15 is 0 Å². The minimum Gasteiger partial charge on any atom is -0.345 e. The molecule has 0 saturated heterocycles. The van der Waals surface area contributed by atoms with Crippen LogP contribution in [0.25, 0.3) is 11.0 Å². The van der Waals surface area contributed by atoms with Gasteiger partial charge in [-0.3, -0.25) is 0 Å². The Morgan fingerprint density at radius 2 is 2.12 bits per heavy atom. The third-order valence-electron chi connectivity index (χ3n) is 2.40. The standard InChI is InChI=1S/C11H12F3N3/c12-11(13,14)6-15-4-3-8-1-2-9-10(5-8)17-7-16-9/h1-2,5,7,15H,3-4,6H2,(H,16,17). The van der Waals surface area contributed by atoms with Crippen molar-refractivity contribution in [3.63, 3.8) is 0 Å². The summed E-state index contributed by atoms with van der Waals surface area (Å²) in [4.78, 5) is 7.03. The highest BCUT2D eigenvalue weighted by atomic mass is 19.4. The number of imidazole rings is 1. The first kappa shape index (κ1) is 11.9. The Kier molecular flexibility index (Phi) is 3.33. The molecule has 3 nitrogen and oxygen atoms in total. The smallest absolute Gasteiger partial charge is 0.345 e. The maximum absolute atomic E-state index is 11.9. The van der Waals surface area contributed by atoms with Crippen molar-refractivity contribution in [3.05, 3.63) is 30.1 Å². The molecule has 0 unspecified atom stereocenters. The molecule has 1 aromatic heterocycles. The largest absolute Gasteiger partial charge is 0.401 e. The molecule has 6 heteroatoms. The van der Waals surface area contributed by atoms with Crippen LogP contribution in [0.5, 0.6) is 0 Å². The number of hydrogen-bond acceptors (Lipinski definition) is 2. The van der Waals surface area contributed by atoms with Crippen molar-refractivity contribution in [2.24, 2.45) is 0 Å². The summed E-state index contributed by atoms with van der Waals surface area (Å²) in [5, 5.41) is 2.36. The van der Waals surface area contributed by atoms with Crippen LogP contribution in [0.4, 0.5) is 13.2 Å². The zero-order valence-corrected chi connectivity index (χ0v) is 9.01. The second-order valence-electron chi connectivity index (χ2n) is 3.80. The minimum absolute atomic E-state index is 0.305. The number of nitrogens with zero attached hydrogens (tertiary/aromatic N) is 1. The van der Waals surface area contributed by atoms with E-state index in [2.05, 4.69) is 15.3 Å². The summed E-state index contributed by atoms with van der Waals surface area (Å²) in [6.45, 7) is -0.640. The van der Waals surface area contributed by atoms with E-state index in [1.54, 1.807) is 6.33 Å². The molecule has 0 amide bonds. The Labute approximate surface area is 96.0 Å². The first-order chi connectivity index (χ1) is 8.04. The SMILES string of the molecule is FC(F)(F)CNCCc1ccc2nc[nH]c2c1. The van der Waals surface area contributed by atoms with Gasteiger partial charge in [-0.1, -0.05) is 6.07 Å². The fraction of sp³-hybridized carbons (Fsp3) is 0.364. The number of fused-ring (bicyclic) bond motifs is 1. The molecule has 17 heavy (non-hydrogen) atoms. The number of hydrogen-bond donors (Lipinski definition) is 2. The van der Waals surface area contributed by atoms with Crippen LogP contribution < -0.4 is 5.32 Å². The zero-order valence-electron chi connectivity index (χ0n) is 9.01. The van der Waals surface area contributed by atoms with E-state index in [0.29, 0.717) is 13.0 Å². The van der Waals surface area contributed by atoms with Gasteiger partial charge in [0.1, 0.15) is 0 Å². The van der Waals surface area contributed by atoms with E-state index in [4.69, 9.17) is 0 Å². The molecule has 0 aliphatic heterocycles. The lowest BCUT2D eigenvalue weighted by atomic mass is 10.1. The molecule has 0 aliphatic carbocycles. The molecule has 1 heterocycles. The van der Waals surface area contributed by atoms with Crippen molar-refractivity contribution >= 4 is 11.0 Å². The molecule has 0 fully saturated rings. The Bertz CT molecular complexity index is 490. The molecule has 0 saturated carbocycles. The summed E-state index contributed by atoms with van der Waals surface area (Å²) < 4.78 is 35.6. The van der Waals surface area contributed by atoms with Gasteiger partial charge in [0.15, 0.2) is 0 Å². The third-order valence-corrected chi connectivity index (χ3v) is 2.40. The van der Waals surface area contributed by atoms with Gasteiger partial charge in [-0.15, -0.1) is 0 Å². The lowest BCUT2D eigenvalue weighted by Crippen LogP contribution is -2.30. The second kappa shape index (κ2) is 4.75. The molecule has 2 rings (SSSR count). The van der Waals surface area contributed by atoms with Crippen molar-refractivity contribution in [1.82, 2.24) is 15.3 Å². The Morgan fingerprint density at radius 1 is 1.29 bits per heavy atom. The zero-order chi connectivity index (χ0) is 12.3. The number of rotatable bonds is 4. The number of alkyl halides is 3. The second-order valence-corrected chi connectivity index (χ2v) is 3.80. The highest BCUT2D eigenvalue weighted by Gasteiger charge is 2.25. The van der Waals surface area contributed by atoms with Crippen molar-refractivity contribution < 1.29 is 13.2 Å². The lowest BCUT2D eigenvalue weighted by Gasteiger charge is -2.07. The highest BCUT2D eigenvalue weighted by Crippen LogP contribution is 2.13. The van der Waals surface area contributed by atoms with Gasteiger partial charge < -0.3 is 10.3 Å². The van der Waals surface area contributed by atoms with Crippen LogP contribution in [-0.2, 0) is 6.42 Å². The van der Waals surface area contributed by atoms with Crippen molar-refractivity contribution in [3.8, 4) is 0 Å². The van der Waals surface area contributed by atoms with Crippen LogP contribution in [0.1, 0.15) is 5.56 Å². The van der Waals surface area contributed by atoms with Crippen LogP contribution in [0.2, 0.25) is 0 Å². The van der Waals surface area contributed by atoms with Gasteiger partial charge in [0.25, 0.3) is 0 Å². The van der Waals surface area contributed by atoms with E-state index in [1.165, 1.54) is 0 Å². The van der Waals surface area contributed by atoms with Gasteiger partial charge in [-0.05, 0) is 30.7 Å². The predicted molar refractivity (Wildman–Crippen MR) is 58.7 cm³/mol. The van der Waals surface area contributed by atoms with E-state index in [-0.39, 0.29) is 0 Å². The van der Waals surface area contributed by atoms with E-state index in [0.717, 1.165) is 16.6 Å². The Hall–Kier alpha value is -1.56. The molecule has 0 atom stereocenters. The molecular formula is C11H12F3N3. The summed E-state index contributed by atoms with van der Waals surface area (Å²) in [5.41, 5.74) is 2.74. The number of nitrogens with one attached hydrogen (secondary N) is 2. The monoisotopic (exact) mass is 243 g/mol. The number of halogens is 3. The van der Waals surface area contributed by atoms with Crippen LogP contribution >= 0.6 is 0 Å². The lowest BCUT2D eigenvalue weighted by molar-refractivity contribution is -0.124. The van der Waals surface area contributed by atoms with Gasteiger partial charge in [-0.2, -0.15) is 13.2 Å². The van der Waals surface area contributed by atoms with Crippen LogP contribution in [0, 0.1) is 0 Å². The first-order valence-electron chi connectivity index (χ1n) is 5.24. The summed E-state index contributed by atoms with van der Waals surface area (Å²) in [6, 6.07) is 5.63. The maximum Gasteiger partial charge on any atom is 0.401 e. The first-order valence-corrected chi connectivity index (χ1v) is 5.24. The van der Waals surface area contributed by atoms with Crippen molar-refractivity contribution in [2.75, 3.05) is 13.1 Å². The molecule has 2 N–H and O–H groups in total. The van der Waals surface area contributed by atoms with Gasteiger partial charge in [0.05, 0.1) is 23.9 Å². The van der Waals surface area contributed by atoms with Gasteiger partial charge >= 0.3 is 6.18 Å². The topological polar surface area (TPSA) is 40.7 Å². The van der Waals surface area contributed by atoms with E-state index < -0.39 is 12.7 Å². The fourth-order valence-electron chi connectivity index (χ4n) is 1.60. The van der Waals surface area contributed by atoms with Crippen molar-refractivity contribution in [1.29, 1.82) is 0 Å². The van der Waals surface area contributed by atoms with Gasteiger partial charge in [0, 0.05) is 0 Å². The quantitative estimate of drug-likeness (QED) is 0.809. The predicted octanol–water partition coefficient (Wildman–Crippen LogP) is 2.26. The number of aromatic amines is 1. The Balaban J connectivity index is 1.86. The summed E-state index contributed by atoms with van der Waals surface area (Å²) in [5.74, 6) is 0. The third kappa shape index (κ3) is 3.45. The average molecular weight is 243 g/mol. The van der Waals surface area contributed by atoms with Crippen LogP contribution in [-0.4, -0.2) is 29.2 Å². The molecule has 1 aromatic carbocycles. The maximum atomic E-state index is 11.9. The summed E-state index contributed by atoms with van der Waals surface area (Å²) >= 11 is 0. The Morgan fingerprint density at radius 3 is 2.88 bits per heavy atom. The van der Waals surface area contributed by atoms with E-state index in [9.17, 15) is 13.2 Å². The summed E-state index contributed by atoms with van der Waals surface area (Å²) in [7, 11) is 0. The molecule has 0 spiro atoms. The molecular weight excluding hydrogens is 231 g/mol. The van der Waals surface area contributed by atoms with Gasteiger partial charge in [-0.25, -0.2) is 4.98 Å². The van der Waals surface area contributed by atoms with Crippen molar-refractivity contribution in [2.45, 2.75) is 12.6 Å². The minimum atomic E-state index is -4.15. The van der Waals surface area contributed by atoms with Crippen LogP contribution in [0.15, 0.2) is 24.5 Å². The van der Waals surface area contributed by atoms with Crippen LogP contribution in [0.3, 0.4) is 0 Å². The van der Waals surface area contributed by atoms with E-state index in [1.807, 2.05) is 18.2 Å². The molecule has 0 bridgehead atoms. The summed E-state index contributed by atoms with van der Waals surface area (Å²) in [6.07, 6.45) is -1.99. The molecule has 2 aromatic rings. The molecule has 0 aliphatic rings. The van der Waals surface area contributed by atoms with Gasteiger partial charge in [0.2, 0.25) is 0 Å². The average Bonchev–Trinajstić information content (AvgIpc) is 2.70. The molecule has 92 valence electrons. The molecule has 0 radical (unpaired) electrons. The number of aromatic nitrogens is 2. The number of benzene rings is 1.